The number of benzene rings is 2. The van der Waals surface area contributed by atoms with Crippen molar-refractivity contribution in [1.29, 1.82) is 0 Å². The van der Waals surface area contributed by atoms with Gasteiger partial charge in [0.1, 0.15) is 4.21 Å². The first-order valence-electron chi connectivity index (χ1n) is 10.8. The number of hydrogen-bond acceptors (Lipinski definition) is 7. The Morgan fingerprint density at radius 2 is 1.53 bits per heavy atom. The topological polar surface area (TPSA) is 127 Å². The van der Waals surface area contributed by atoms with Gasteiger partial charge >= 0.3 is 18.1 Å². The number of hydrogen-bond donors (Lipinski definition) is 3. The summed E-state index contributed by atoms with van der Waals surface area (Å²) < 4.78 is 60.0. The second kappa shape index (κ2) is 11.9. The lowest BCUT2D eigenvalue weighted by Gasteiger charge is -2.38. The Hall–Kier alpha value is -3.49. The van der Waals surface area contributed by atoms with Crippen LogP contribution in [0.15, 0.2) is 64.2 Å². The molecule has 1 aliphatic heterocycles. The van der Waals surface area contributed by atoms with E-state index in [2.05, 4.69) is 14.5 Å². The predicted molar refractivity (Wildman–Crippen MR) is 138 cm³/mol. The summed E-state index contributed by atoms with van der Waals surface area (Å²) in [6.45, 7) is 2.78. The molecule has 2 heterocycles. The van der Waals surface area contributed by atoms with Crippen LogP contribution in [-0.2, 0) is 14.8 Å². The van der Waals surface area contributed by atoms with Gasteiger partial charge in [0.25, 0.3) is 10.0 Å². The molecule has 0 unspecified atom stereocenters. The Bertz CT molecular complexity index is 1380. The average molecular weight is 592 g/mol. The number of alkyl halides is 3. The molecular formula is C23H21ClF3N3O6S2. The Kier molecular flexibility index (Phi) is 9.12. The highest BCUT2D eigenvalue weighted by Crippen LogP contribution is 2.32. The van der Waals surface area contributed by atoms with E-state index in [1.54, 1.807) is 17.5 Å². The average Bonchev–Trinajstić information content (AvgIpc) is 3.41. The smallest absolute Gasteiger partial charge is 0.478 e. The number of sulfonamides is 1. The van der Waals surface area contributed by atoms with Crippen LogP contribution < -0.4 is 14.5 Å². The number of piperazine rings is 1. The van der Waals surface area contributed by atoms with Crippen LogP contribution in [0, 0.1) is 0 Å². The number of nitrogens with zero attached hydrogens (tertiary/aromatic N) is 2. The Labute approximate surface area is 224 Å². The molecule has 38 heavy (non-hydrogen) atoms. The first kappa shape index (κ1) is 29.1. The zero-order chi connectivity index (χ0) is 28.1. The molecule has 9 nitrogen and oxygen atoms in total. The molecule has 1 saturated heterocycles. The van der Waals surface area contributed by atoms with Crippen molar-refractivity contribution in [2.45, 2.75) is 10.4 Å². The van der Waals surface area contributed by atoms with E-state index < -0.39 is 28.1 Å². The molecule has 2 aromatic carbocycles. The number of halogens is 4. The number of anilines is 3. The molecule has 0 bridgehead atoms. The van der Waals surface area contributed by atoms with E-state index in [0.29, 0.717) is 23.8 Å². The van der Waals surface area contributed by atoms with Gasteiger partial charge in [-0.25, -0.2) is 18.0 Å². The van der Waals surface area contributed by atoms with Crippen molar-refractivity contribution < 1.29 is 41.4 Å². The van der Waals surface area contributed by atoms with Crippen molar-refractivity contribution in [3.8, 4) is 0 Å². The normalized spacial score (nSPS) is 13.9. The molecule has 0 spiro atoms. The summed E-state index contributed by atoms with van der Waals surface area (Å²) in [6, 6.07) is 15.3. The van der Waals surface area contributed by atoms with Crippen molar-refractivity contribution in [1.82, 2.24) is 0 Å². The van der Waals surface area contributed by atoms with Crippen molar-refractivity contribution in [3.05, 3.63) is 70.6 Å². The monoisotopic (exact) mass is 591 g/mol. The quantitative estimate of drug-likeness (QED) is 0.371. The van der Waals surface area contributed by atoms with Crippen LogP contribution in [0.1, 0.15) is 10.4 Å². The van der Waals surface area contributed by atoms with Gasteiger partial charge in [0.05, 0.1) is 16.9 Å². The van der Waals surface area contributed by atoms with Gasteiger partial charge in [-0.15, -0.1) is 11.3 Å². The summed E-state index contributed by atoms with van der Waals surface area (Å²) in [5, 5.41) is 18.9. The van der Waals surface area contributed by atoms with Gasteiger partial charge in [-0.05, 0) is 53.9 Å². The van der Waals surface area contributed by atoms with Gasteiger partial charge < -0.3 is 20.0 Å². The number of thiophene rings is 1. The molecule has 0 radical (unpaired) electrons. The maximum Gasteiger partial charge on any atom is 0.490 e. The zero-order valence-electron chi connectivity index (χ0n) is 19.4. The largest absolute Gasteiger partial charge is 0.490 e. The van der Waals surface area contributed by atoms with Crippen LogP contribution in [0.2, 0.25) is 5.02 Å². The van der Waals surface area contributed by atoms with E-state index in [9.17, 15) is 31.5 Å². The Balaban J connectivity index is 0.000000505. The summed E-state index contributed by atoms with van der Waals surface area (Å²) in [5.74, 6) is -3.87. The Morgan fingerprint density at radius 3 is 2.03 bits per heavy atom. The van der Waals surface area contributed by atoms with Crippen LogP contribution in [0.25, 0.3) is 0 Å². The first-order chi connectivity index (χ1) is 17.8. The number of aliphatic carboxylic acids is 1. The molecule has 0 atom stereocenters. The van der Waals surface area contributed by atoms with Gasteiger partial charge in [0.15, 0.2) is 0 Å². The Morgan fingerprint density at radius 1 is 0.947 bits per heavy atom. The van der Waals surface area contributed by atoms with Gasteiger partial charge in [-0.3, -0.25) is 4.72 Å². The minimum Gasteiger partial charge on any atom is -0.478 e. The third kappa shape index (κ3) is 7.52. The number of carboxylic acid groups (broad SMARTS) is 2. The fraction of sp³-hybridized carbons (Fsp3) is 0.217. The number of carbonyl (C=O) groups is 2. The summed E-state index contributed by atoms with van der Waals surface area (Å²) in [5.41, 5.74) is 2.01. The number of rotatable bonds is 6. The minimum atomic E-state index is -5.08. The van der Waals surface area contributed by atoms with E-state index in [0.717, 1.165) is 30.1 Å². The molecule has 15 heteroatoms. The van der Waals surface area contributed by atoms with Crippen molar-refractivity contribution in [2.24, 2.45) is 0 Å². The summed E-state index contributed by atoms with van der Waals surface area (Å²) >= 11 is 7.08. The molecule has 0 amide bonds. The van der Waals surface area contributed by atoms with E-state index >= 15 is 0 Å². The highest BCUT2D eigenvalue weighted by molar-refractivity contribution is 7.94. The number of carboxylic acids is 2. The van der Waals surface area contributed by atoms with Crippen LogP contribution in [0.5, 0.6) is 0 Å². The van der Waals surface area contributed by atoms with E-state index in [1.165, 1.54) is 18.2 Å². The van der Waals surface area contributed by atoms with Crippen LogP contribution in [-0.4, -0.2) is 62.9 Å². The highest BCUT2D eigenvalue weighted by Gasteiger charge is 2.38. The molecule has 1 aliphatic rings. The van der Waals surface area contributed by atoms with Gasteiger partial charge in [0.2, 0.25) is 0 Å². The van der Waals surface area contributed by atoms with E-state index in [4.69, 9.17) is 21.5 Å². The summed E-state index contributed by atoms with van der Waals surface area (Å²) in [6.07, 6.45) is -5.08. The molecule has 1 fully saturated rings. The van der Waals surface area contributed by atoms with Crippen molar-refractivity contribution in [2.75, 3.05) is 40.7 Å². The molecular weight excluding hydrogens is 571 g/mol. The molecule has 4 rings (SSSR count). The lowest BCUT2D eigenvalue weighted by Crippen LogP contribution is -2.46. The van der Waals surface area contributed by atoms with Gasteiger partial charge in [0, 0.05) is 36.9 Å². The maximum absolute atomic E-state index is 12.8. The predicted octanol–water partition coefficient (Wildman–Crippen LogP) is 4.86. The van der Waals surface area contributed by atoms with Gasteiger partial charge in [-0.2, -0.15) is 13.2 Å². The minimum absolute atomic E-state index is 0.0208. The third-order valence-corrected chi connectivity index (χ3v) is 8.32. The molecule has 3 aromatic rings. The zero-order valence-corrected chi connectivity index (χ0v) is 21.7. The standard InChI is InChI=1S/C21H20ClN3O4S2.C2HF3O2/c22-16-4-6-17(7-5-16)24-9-11-25(12-10-24)19-8-3-15(21(26)27)14-18(19)23-31(28,29)20-2-1-13-30-20;3-2(4,5)1(6)7/h1-8,13-14,23H,9-12H2,(H,26,27);(H,6,7). The van der Waals surface area contributed by atoms with Gasteiger partial charge in [-0.1, -0.05) is 17.7 Å². The van der Waals surface area contributed by atoms with Crippen LogP contribution in [0.4, 0.5) is 30.2 Å². The molecule has 3 N–H and O–H groups in total. The second-order valence-corrected chi connectivity index (χ2v) is 11.1. The lowest BCUT2D eigenvalue weighted by atomic mass is 10.1. The number of nitrogens with one attached hydrogen (secondary N) is 1. The van der Waals surface area contributed by atoms with E-state index in [-0.39, 0.29) is 15.5 Å². The second-order valence-electron chi connectivity index (χ2n) is 7.83. The fourth-order valence-corrected chi connectivity index (χ4v) is 5.68. The highest BCUT2D eigenvalue weighted by atomic mass is 35.5. The lowest BCUT2D eigenvalue weighted by molar-refractivity contribution is -0.192. The van der Waals surface area contributed by atoms with E-state index in [1.807, 2.05) is 24.3 Å². The summed E-state index contributed by atoms with van der Waals surface area (Å²) in [7, 11) is -3.81. The third-order valence-electron chi connectivity index (χ3n) is 5.30. The SMILES string of the molecule is O=C(O)C(F)(F)F.O=C(O)c1ccc(N2CCN(c3ccc(Cl)cc3)CC2)c(NS(=O)(=O)c2cccs2)c1. The van der Waals surface area contributed by atoms with Crippen molar-refractivity contribution in [3.63, 3.8) is 0 Å². The number of aromatic carboxylic acids is 1. The molecule has 0 aliphatic carbocycles. The summed E-state index contributed by atoms with van der Waals surface area (Å²) in [4.78, 5) is 24.6. The van der Waals surface area contributed by atoms with Crippen LogP contribution in [0.3, 0.4) is 0 Å². The fourth-order valence-electron chi connectivity index (χ4n) is 3.50. The maximum atomic E-state index is 12.8. The molecule has 1 aromatic heterocycles. The molecule has 204 valence electrons. The van der Waals surface area contributed by atoms with Crippen LogP contribution >= 0.6 is 22.9 Å². The van der Waals surface area contributed by atoms with Crippen molar-refractivity contribution >= 4 is 62.0 Å². The first-order valence-corrected chi connectivity index (χ1v) is 13.5. The molecule has 0 saturated carbocycles.